The molecule has 0 aliphatic carbocycles. The van der Waals surface area contributed by atoms with Crippen LogP contribution in [0.4, 0.5) is 0 Å². The molecule has 2 rings (SSSR count). The van der Waals surface area contributed by atoms with E-state index in [9.17, 15) is 4.79 Å². The second-order valence-corrected chi connectivity index (χ2v) is 5.15. The molecular weight excluding hydrogens is 316 g/mol. The van der Waals surface area contributed by atoms with E-state index >= 15 is 0 Å². The van der Waals surface area contributed by atoms with Crippen molar-refractivity contribution in [1.29, 1.82) is 0 Å². The van der Waals surface area contributed by atoms with Gasteiger partial charge in [0.15, 0.2) is 0 Å². The van der Waals surface area contributed by atoms with Gasteiger partial charge >= 0.3 is 0 Å². The van der Waals surface area contributed by atoms with Gasteiger partial charge in [0, 0.05) is 10.0 Å². The van der Waals surface area contributed by atoms with Crippen LogP contribution in [0.2, 0.25) is 0 Å². The van der Waals surface area contributed by atoms with E-state index in [0.29, 0.717) is 5.56 Å². The maximum Gasteiger partial charge on any atom is 0.271 e. The minimum Gasteiger partial charge on any atom is -0.267 e. The van der Waals surface area contributed by atoms with Gasteiger partial charge in [-0.1, -0.05) is 59.3 Å². The number of rotatable bonds is 4. The number of nitrogens with zero attached hydrogens (tertiary/aromatic N) is 1. The van der Waals surface area contributed by atoms with Crippen LogP contribution in [0.5, 0.6) is 0 Å². The molecule has 0 aromatic heterocycles. The van der Waals surface area contributed by atoms with Gasteiger partial charge in [-0.2, -0.15) is 5.10 Å². The Labute approximate surface area is 126 Å². The number of halogens is 1. The largest absolute Gasteiger partial charge is 0.271 e. The molecule has 0 saturated carbocycles. The number of hydrazone groups is 1. The first kappa shape index (κ1) is 14.5. The fourth-order valence-electron chi connectivity index (χ4n) is 1.79. The van der Waals surface area contributed by atoms with Gasteiger partial charge in [-0.15, -0.1) is 0 Å². The second kappa shape index (κ2) is 7.01. The van der Waals surface area contributed by atoms with Crippen molar-refractivity contribution in [3.63, 3.8) is 0 Å². The molecule has 2 aromatic carbocycles. The molecule has 0 spiro atoms. The molecule has 0 atom stereocenters. The van der Waals surface area contributed by atoms with Crippen molar-refractivity contribution in [1.82, 2.24) is 5.43 Å². The predicted molar refractivity (Wildman–Crippen MR) is 84.9 cm³/mol. The predicted octanol–water partition coefficient (Wildman–Crippen LogP) is 3.99. The minimum absolute atomic E-state index is 0.215. The van der Waals surface area contributed by atoms with E-state index in [1.165, 1.54) is 0 Å². The molecule has 4 heteroatoms. The van der Waals surface area contributed by atoms with E-state index in [1.807, 2.05) is 49.4 Å². The summed E-state index contributed by atoms with van der Waals surface area (Å²) in [6.07, 6.45) is 0.753. The van der Waals surface area contributed by atoms with Crippen molar-refractivity contribution in [2.75, 3.05) is 0 Å². The van der Waals surface area contributed by atoms with Crippen molar-refractivity contribution >= 4 is 27.5 Å². The Morgan fingerprint density at radius 2 is 1.80 bits per heavy atom. The van der Waals surface area contributed by atoms with Gasteiger partial charge in [-0.25, -0.2) is 5.43 Å². The Balaban J connectivity index is 2.13. The number of benzene rings is 2. The second-order valence-electron chi connectivity index (χ2n) is 4.23. The molecule has 0 fully saturated rings. The highest BCUT2D eigenvalue weighted by Crippen LogP contribution is 2.11. The Morgan fingerprint density at radius 1 is 1.10 bits per heavy atom. The van der Waals surface area contributed by atoms with Crippen LogP contribution in [0.25, 0.3) is 0 Å². The van der Waals surface area contributed by atoms with Gasteiger partial charge < -0.3 is 0 Å². The smallest absolute Gasteiger partial charge is 0.267 e. The zero-order valence-electron chi connectivity index (χ0n) is 11.1. The maximum absolute atomic E-state index is 12.0. The first-order valence-electron chi connectivity index (χ1n) is 6.38. The molecule has 0 heterocycles. The van der Waals surface area contributed by atoms with Gasteiger partial charge in [0.1, 0.15) is 0 Å². The normalized spacial score (nSPS) is 11.2. The van der Waals surface area contributed by atoms with Crippen LogP contribution in [0.1, 0.15) is 29.3 Å². The molecule has 0 bridgehead atoms. The highest BCUT2D eigenvalue weighted by atomic mass is 79.9. The van der Waals surface area contributed by atoms with E-state index in [0.717, 1.165) is 22.2 Å². The summed E-state index contributed by atoms with van der Waals surface area (Å²) >= 11 is 3.35. The summed E-state index contributed by atoms with van der Waals surface area (Å²) in [5, 5.41) is 4.22. The molecule has 1 N–H and O–H groups in total. The third-order valence-corrected chi connectivity index (χ3v) is 3.31. The van der Waals surface area contributed by atoms with Gasteiger partial charge in [0.05, 0.1) is 5.71 Å². The summed E-state index contributed by atoms with van der Waals surface area (Å²) in [6, 6.07) is 17.0. The van der Waals surface area contributed by atoms with Crippen LogP contribution in [0.15, 0.2) is 64.2 Å². The highest BCUT2D eigenvalue weighted by molar-refractivity contribution is 9.10. The Hall–Kier alpha value is -1.94. The van der Waals surface area contributed by atoms with Crippen molar-refractivity contribution < 1.29 is 4.79 Å². The summed E-state index contributed by atoms with van der Waals surface area (Å²) in [4.78, 5) is 12.0. The Kier molecular flexibility index (Phi) is 5.07. The SMILES string of the molecule is CC/C(=N\NC(=O)c1cccc(Br)c1)c1ccccc1. The van der Waals surface area contributed by atoms with Gasteiger partial charge in [-0.3, -0.25) is 4.79 Å². The lowest BCUT2D eigenvalue weighted by atomic mass is 10.1. The summed E-state index contributed by atoms with van der Waals surface area (Å²) < 4.78 is 0.868. The van der Waals surface area contributed by atoms with Crippen LogP contribution in [-0.4, -0.2) is 11.6 Å². The van der Waals surface area contributed by atoms with Crippen LogP contribution in [0, 0.1) is 0 Å². The quantitative estimate of drug-likeness (QED) is 0.668. The Bertz CT molecular complexity index is 623. The molecule has 0 aliphatic heterocycles. The van der Waals surface area contributed by atoms with Gasteiger partial charge in [0.25, 0.3) is 5.91 Å². The summed E-state index contributed by atoms with van der Waals surface area (Å²) in [5.41, 5.74) is 5.05. The standard InChI is InChI=1S/C16H15BrN2O/c1-2-15(12-7-4-3-5-8-12)18-19-16(20)13-9-6-10-14(17)11-13/h3-11H,2H2,1H3,(H,19,20)/b18-15+. The third-order valence-electron chi connectivity index (χ3n) is 2.82. The zero-order chi connectivity index (χ0) is 14.4. The van der Waals surface area contributed by atoms with Crippen LogP contribution in [0.3, 0.4) is 0 Å². The number of carbonyl (C=O) groups is 1. The van der Waals surface area contributed by atoms with Crippen molar-refractivity contribution in [2.24, 2.45) is 5.10 Å². The third kappa shape index (κ3) is 3.78. The van der Waals surface area contributed by atoms with E-state index in [-0.39, 0.29) is 5.91 Å². The topological polar surface area (TPSA) is 41.5 Å². The maximum atomic E-state index is 12.0. The van der Waals surface area contributed by atoms with Crippen molar-refractivity contribution in [2.45, 2.75) is 13.3 Å². The van der Waals surface area contributed by atoms with Crippen LogP contribution < -0.4 is 5.43 Å². The molecule has 0 unspecified atom stereocenters. The lowest BCUT2D eigenvalue weighted by Gasteiger charge is -2.05. The molecule has 102 valence electrons. The molecule has 2 aromatic rings. The van der Waals surface area contributed by atoms with Crippen LogP contribution >= 0.6 is 15.9 Å². The number of hydrogen-bond acceptors (Lipinski definition) is 2. The fraction of sp³-hybridized carbons (Fsp3) is 0.125. The molecule has 1 amide bonds. The average molecular weight is 331 g/mol. The number of nitrogens with one attached hydrogen (secondary N) is 1. The molecule has 3 nitrogen and oxygen atoms in total. The summed E-state index contributed by atoms with van der Waals surface area (Å²) in [7, 11) is 0. The number of carbonyl (C=O) groups excluding carboxylic acids is 1. The zero-order valence-corrected chi connectivity index (χ0v) is 12.7. The van der Waals surface area contributed by atoms with Crippen molar-refractivity contribution in [3.05, 3.63) is 70.2 Å². The van der Waals surface area contributed by atoms with Gasteiger partial charge in [-0.05, 0) is 30.2 Å². The van der Waals surface area contributed by atoms with Gasteiger partial charge in [0.2, 0.25) is 0 Å². The molecule has 0 aliphatic rings. The van der Waals surface area contributed by atoms with E-state index < -0.39 is 0 Å². The van der Waals surface area contributed by atoms with Crippen molar-refractivity contribution in [3.8, 4) is 0 Å². The summed E-state index contributed by atoms with van der Waals surface area (Å²) in [6.45, 7) is 2.01. The van der Waals surface area contributed by atoms with Crippen LogP contribution in [-0.2, 0) is 0 Å². The highest BCUT2D eigenvalue weighted by Gasteiger charge is 2.06. The molecule has 0 radical (unpaired) electrons. The van der Waals surface area contributed by atoms with E-state index in [2.05, 4.69) is 26.5 Å². The fourth-order valence-corrected chi connectivity index (χ4v) is 2.19. The lowest BCUT2D eigenvalue weighted by Crippen LogP contribution is -2.19. The number of hydrogen-bond donors (Lipinski definition) is 1. The number of amides is 1. The summed E-state index contributed by atoms with van der Waals surface area (Å²) in [5.74, 6) is -0.215. The monoisotopic (exact) mass is 330 g/mol. The Morgan fingerprint density at radius 3 is 2.45 bits per heavy atom. The van der Waals surface area contributed by atoms with E-state index in [4.69, 9.17) is 0 Å². The minimum atomic E-state index is -0.215. The lowest BCUT2D eigenvalue weighted by molar-refractivity contribution is 0.0954. The molecule has 20 heavy (non-hydrogen) atoms. The van der Waals surface area contributed by atoms with E-state index in [1.54, 1.807) is 12.1 Å². The first-order chi connectivity index (χ1) is 9.70. The average Bonchev–Trinajstić information content (AvgIpc) is 2.49. The molecule has 0 saturated heterocycles. The molecular formula is C16H15BrN2O. The first-order valence-corrected chi connectivity index (χ1v) is 7.18.